The highest BCUT2D eigenvalue weighted by molar-refractivity contribution is 7.92. The van der Waals surface area contributed by atoms with Crippen LogP contribution in [-0.4, -0.2) is 31.3 Å². The first-order valence-electron chi connectivity index (χ1n) is 10.1. The summed E-state index contributed by atoms with van der Waals surface area (Å²) in [6.07, 6.45) is -2.14. The van der Waals surface area contributed by atoms with Crippen LogP contribution in [-0.2, 0) is 16.4 Å². The van der Waals surface area contributed by atoms with Crippen LogP contribution in [0.5, 0.6) is 5.75 Å². The van der Waals surface area contributed by atoms with Gasteiger partial charge in [-0.15, -0.1) is 13.2 Å². The Morgan fingerprint density at radius 1 is 1.03 bits per heavy atom. The number of nitrogens with one attached hydrogen (secondary N) is 1. The van der Waals surface area contributed by atoms with Crippen molar-refractivity contribution in [1.29, 1.82) is 0 Å². The van der Waals surface area contributed by atoms with Crippen molar-refractivity contribution in [2.24, 2.45) is 0 Å². The molecule has 35 heavy (non-hydrogen) atoms. The lowest BCUT2D eigenvalue weighted by molar-refractivity contribution is -0.274. The summed E-state index contributed by atoms with van der Waals surface area (Å²) < 4.78 is 69.0. The van der Waals surface area contributed by atoms with E-state index in [1.807, 2.05) is 0 Å². The Morgan fingerprint density at radius 2 is 1.71 bits per heavy atom. The number of aromatic nitrogens is 1. The van der Waals surface area contributed by atoms with Crippen molar-refractivity contribution in [2.75, 3.05) is 4.72 Å². The largest absolute Gasteiger partial charge is 0.573 e. The number of sulfonamides is 1. The number of anilines is 1. The van der Waals surface area contributed by atoms with Crippen LogP contribution >= 0.6 is 11.6 Å². The van der Waals surface area contributed by atoms with Gasteiger partial charge in [-0.05, 0) is 48.0 Å². The van der Waals surface area contributed by atoms with E-state index in [0.717, 1.165) is 24.3 Å². The molecule has 0 atom stereocenters. The second-order valence-corrected chi connectivity index (χ2v) is 9.30. The van der Waals surface area contributed by atoms with Crippen molar-refractivity contribution in [1.82, 2.24) is 4.98 Å². The smallest absolute Gasteiger partial charge is 0.406 e. The number of ketones is 2. The van der Waals surface area contributed by atoms with E-state index in [-0.39, 0.29) is 34.7 Å². The topological polar surface area (TPSA) is 102 Å². The summed E-state index contributed by atoms with van der Waals surface area (Å²) in [5, 5.41) is -0.0250. The van der Waals surface area contributed by atoms with Gasteiger partial charge in [0.2, 0.25) is 0 Å². The van der Waals surface area contributed by atoms with Gasteiger partial charge in [0, 0.05) is 30.8 Å². The second-order valence-electron chi connectivity index (χ2n) is 7.21. The number of carbonyl (C=O) groups is 2. The molecule has 0 aliphatic rings. The molecule has 0 bridgehead atoms. The van der Waals surface area contributed by atoms with Crippen LogP contribution in [0.3, 0.4) is 0 Å². The number of hydrogen-bond donors (Lipinski definition) is 1. The number of carbonyl (C=O) groups excluding carboxylic acids is 2. The maximum absolute atomic E-state index is 13.2. The van der Waals surface area contributed by atoms with Crippen LogP contribution in [0.15, 0.2) is 65.8 Å². The molecule has 1 aromatic heterocycles. The Kier molecular flexibility index (Phi) is 7.81. The Morgan fingerprint density at radius 3 is 2.29 bits per heavy atom. The quantitative estimate of drug-likeness (QED) is 0.372. The predicted octanol–water partition coefficient (Wildman–Crippen LogP) is 5.45. The fraction of sp³-hybridized carbons (Fsp3) is 0.174. The number of pyridine rings is 1. The van der Waals surface area contributed by atoms with Crippen LogP contribution < -0.4 is 9.46 Å². The van der Waals surface area contributed by atoms with E-state index in [0.29, 0.717) is 5.56 Å². The first-order valence-corrected chi connectivity index (χ1v) is 11.9. The molecule has 184 valence electrons. The lowest BCUT2D eigenvalue weighted by Gasteiger charge is -2.17. The van der Waals surface area contributed by atoms with Crippen LogP contribution in [0, 0.1) is 0 Å². The third kappa shape index (κ3) is 6.58. The summed E-state index contributed by atoms with van der Waals surface area (Å²) >= 11 is 6.21. The van der Waals surface area contributed by atoms with Gasteiger partial charge in [0.1, 0.15) is 5.75 Å². The lowest BCUT2D eigenvalue weighted by Crippen LogP contribution is -2.20. The highest BCUT2D eigenvalue weighted by Crippen LogP contribution is 2.32. The highest BCUT2D eigenvalue weighted by Gasteiger charge is 2.31. The van der Waals surface area contributed by atoms with Gasteiger partial charge in [-0.2, -0.15) is 0 Å². The molecule has 0 saturated carbocycles. The highest BCUT2D eigenvalue weighted by atomic mass is 35.5. The number of nitrogens with zero attached hydrogens (tertiary/aromatic N) is 1. The number of ether oxygens (including phenoxy) is 1. The molecule has 0 unspecified atom stereocenters. The second kappa shape index (κ2) is 10.4. The Labute approximate surface area is 204 Å². The summed E-state index contributed by atoms with van der Waals surface area (Å²) in [7, 11) is -4.37. The van der Waals surface area contributed by atoms with Gasteiger partial charge in [-0.25, -0.2) is 8.42 Å². The van der Waals surface area contributed by atoms with E-state index in [2.05, 4.69) is 14.4 Å². The molecule has 0 amide bonds. The van der Waals surface area contributed by atoms with E-state index in [9.17, 15) is 31.2 Å². The minimum absolute atomic E-state index is 0.00373. The number of hydrogen-bond acceptors (Lipinski definition) is 6. The van der Waals surface area contributed by atoms with Crippen LogP contribution in [0.4, 0.5) is 18.9 Å². The van der Waals surface area contributed by atoms with E-state index in [1.165, 1.54) is 24.5 Å². The molecule has 0 spiro atoms. The standard InChI is InChI=1S/C23H18ClF3N2O5S/c1-2-19(30)21-17(24)9-10-18(22(21)20(31)12-14-4-3-11-28-13-14)29-35(32,33)16-7-5-15(6-8-16)34-23(25,26)27/h3-11,13,29H,2,12H2,1H3. The molecule has 0 fully saturated rings. The maximum Gasteiger partial charge on any atom is 0.573 e. The van der Waals surface area contributed by atoms with Gasteiger partial charge < -0.3 is 4.74 Å². The number of halogens is 4. The molecular weight excluding hydrogens is 509 g/mol. The first kappa shape index (κ1) is 26.2. The first-order chi connectivity index (χ1) is 16.4. The minimum atomic E-state index is -4.94. The molecule has 0 aliphatic carbocycles. The zero-order chi connectivity index (χ0) is 25.8. The van der Waals surface area contributed by atoms with Gasteiger partial charge in [0.05, 0.1) is 21.2 Å². The van der Waals surface area contributed by atoms with Crippen LogP contribution in [0.1, 0.15) is 39.6 Å². The molecule has 0 saturated heterocycles. The molecule has 3 rings (SSSR count). The van der Waals surface area contributed by atoms with Crippen molar-refractivity contribution in [3.8, 4) is 5.75 Å². The lowest BCUT2D eigenvalue weighted by atomic mass is 9.94. The van der Waals surface area contributed by atoms with Crippen LogP contribution in [0.2, 0.25) is 5.02 Å². The summed E-state index contributed by atoms with van der Waals surface area (Å²) in [6.45, 7) is 1.56. The predicted molar refractivity (Wildman–Crippen MR) is 122 cm³/mol. The summed E-state index contributed by atoms with van der Waals surface area (Å²) in [5.74, 6) is -1.66. The van der Waals surface area contributed by atoms with E-state index >= 15 is 0 Å². The fourth-order valence-corrected chi connectivity index (χ4v) is 4.54. The third-order valence-corrected chi connectivity index (χ3v) is 6.43. The minimum Gasteiger partial charge on any atom is -0.406 e. The van der Waals surface area contributed by atoms with Gasteiger partial charge in [-0.3, -0.25) is 19.3 Å². The Balaban J connectivity index is 2.02. The van der Waals surface area contributed by atoms with E-state index in [1.54, 1.807) is 19.1 Å². The molecule has 2 aromatic carbocycles. The van der Waals surface area contributed by atoms with Crippen molar-refractivity contribution in [3.05, 3.63) is 82.6 Å². The maximum atomic E-state index is 13.2. The average Bonchev–Trinajstić information content (AvgIpc) is 2.79. The van der Waals surface area contributed by atoms with Gasteiger partial charge in [-0.1, -0.05) is 24.6 Å². The summed E-state index contributed by atoms with van der Waals surface area (Å²) in [4.78, 5) is 29.4. The molecule has 12 heteroatoms. The monoisotopic (exact) mass is 526 g/mol. The van der Waals surface area contributed by atoms with Crippen molar-refractivity contribution in [2.45, 2.75) is 31.0 Å². The average molecular weight is 527 g/mol. The summed E-state index contributed by atoms with van der Waals surface area (Å²) in [5.41, 5.74) is -0.0110. The van der Waals surface area contributed by atoms with Gasteiger partial charge in [0.25, 0.3) is 10.0 Å². The van der Waals surface area contributed by atoms with Gasteiger partial charge in [0.15, 0.2) is 11.6 Å². The zero-order valence-electron chi connectivity index (χ0n) is 18.1. The molecule has 0 aliphatic heterocycles. The van der Waals surface area contributed by atoms with Crippen molar-refractivity contribution in [3.63, 3.8) is 0 Å². The van der Waals surface area contributed by atoms with Crippen LogP contribution in [0.25, 0.3) is 0 Å². The number of Topliss-reactive ketones (excluding diaryl/α,β-unsaturated/α-hetero) is 2. The van der Waals surface area contributed by atoms with E-state index < -0.39 is 38.6 Å². The summed E-state index contributed by atoms with van der Waals surface area (Å²) in [6, 6.07) is 9.28. The molecule has 1 heterocycles. The Bertz CT molecular complexity index is 1350. The van der Waals surface area contributed by atoms with Crippen molar-refractivity contribution >= 4 is 38.9 Å². The number of alkyl halides is 3. The molecular formula is C23H18ClF3N2O5S. The van der Waals surface area contributed by atoms with Gasteiger partial charge >= 0.3 is 6.36 Å². The van der Waals surface area contributed by atoms with E-state index in [4.69, 9.17) is 11.6 Å². The molecule has 7 nitrogen and oxygen atoms in total. The Hall–Kier alpha value is -3.44. The number of rotatable bonds is 9. The fourth-order valence-electron chi connectivity index (χ4n) is 3.20. The van der Waals surface area contributed by atoms with Crippen molar-refractivity contribution < 1.29 is 35.9 Å². The normalized spacial score (nSPS) is 11.7. The SMILES string of the molecule is CCC(=O)c1c(Cl)ccc(NS(=O)(=O)c2ccc(OC(F)(F)F)cc2)c1C(=O)Cc1cccnc1. The third-order valence-electron chi connectivity index (χ3n) is 4.73. The number of benzene rings is 2. The zero-order valence-corrected chi connectivity index (χ0v) is 19.7. The molecule has 0 radical (unpaired) electrons. The molecule has 3 aromatic rings. The molecule has 1 N–H and O–H groups in total.